The standard InChI is InChI=1S/C5H4O5/c6-3-2(4(7)8)1-10-5(3)9/h1,6,9H,(H,7,8). The van der Waals surface area contributed by atoms with Gasteiger partial charge in [0.2, 0.25) is 5.75 Å². The predicted octanol–water partition coefficient (Wildman–Crippen LogP) is 0.389. The molecule has 0 fully saturated rings. The Morgan fingerprint density at radius 3 is 2.30 bits per heavy atom. The minimum absolute atomic E-state index is 0.447. The smallest absolute Gasteiger partial charge is 0.342 e. The van der Waals surface area contributed by atoms with Crippen LogP contribution in [-0.2, 0) is 0 Å². The quantitative estimate of drug-likeness (QED) is 0.530. The summed E-state index contributed by atoms with van der Waals surface area (Å²) in [6.45, 7) is 0. The van der Waals surface area contributed by atoms with Crippen LogP contribution in [0, 0.1) is 0 Å². The molecular weight excluding hydrogens is 140 g/mol. The van der Waals surface area contributed by atoms with E-state index in [2.05, 4.69) is 4.42 Å². The topological polar surface area (TPSA) is 90.9 Å². The summed E-state index contributed by atoms with van der Waals surface area (Å²) in [6.07, 6.45) is 0.757. The summed E-state index contributed by atoms with van der Waals surface area (Å²) in [6, 6.07) is 0. The number of rotatable bonds is 1. The predicted molar refractivity (Wildman–Crippen MR) is 29.0 cm³/mol. The zero-order chi connectivity index (χ0) is 7.72. The van der Waals surface area contributed by atoms with E-state index >= 15 is 0 Å². The molecule has 0 amide bonds. The molecule has 5 heteroatoms. The largest absolute Gasteiger partial charge is 0.501 e. The Morgan fingerprint density at radius 2 is 2.10 bits per heavy atom. The van der Waals surface area contributed by atoms with Gasteiger partial charge in [0.15, 0.2) is 0 Å². The average molecular weight is 144 g/mol. The molecule has 1 heterocycles. The molecule has 10 heavy (non-hydrogen) atoms. The van der Waals surface area contributed by atoms with Crippen molar-refractivity contribution < 1.29 is 24.5 Å². The molecule has 0 bridgehead atoms. The molecule has 1 aromatic rings. The Morgan fingerprint density at radius 1 is 1.50 bits per heavy atom. The molecule has 54 valence electrons. The first-order valence-electron chi connectivity index (χ1n) is 2.35. The monoisotopic (exact) mass is 144 g/mol. The second-order valence-corrected chi connectivity index (χ2v) is 1.61. The molecule has 0 radical (unpaired) electrons. The Bertz CT molecular complexity index is 261. The van der Waals surface area contributed by atoms with E-state index in [1.165, 1.54) is 0 Å². The van der Waals surface area contributed by atoms with Gasteiger partial charge in [-0.15, -0.1) is 0 Å². The molecule has 5 nitrogen and oxygen atoms in total. The molecule has 0 aliphatic rings. The summed E-state index contributed by atoms with van der Waals surface area (Å²) >= 11 is 0. The number of aromatic hydroxyl groups is 2. The van der Waals surface area contributed by atoms with Crippen LogP contribution in [0.5, 0.6) is 11.7 Å². The first kappa shape index (κ1) is 6.47. The van der Waals surface area contributed by atoms with Crippen molar-refractivity contribution in [2.45, 2.75) is 0 Å². The van der Waals surface area contributed by atoms with Crippen LogP contribution in [0.3, 0.4) is 0 Å². The van der Waals surface area contributed by atoms with Gasteiger partial charge < -0.3 is 19.7 Å². The van der Waals surface area contributed by atoms with Gasteiger partial charge >= 0.3 is 11.9 Å². The Hall–Kier alpha value is -1.65. The van der Waals surface area contributed by atoms with Gasteiger partial charge in [-0.1, -0.05) is 0 Å². The third-order valence-electron chi connectivity index (χ3n) is 0.977. The zero-order valence-corrected chi connectivity index (χ0v) is 4.74. The van der Waals surface area contributed by atoms with Crippen molar-refractivity contribution in [2.75, 3.05) is 0 Å². The fraction of sp³-hybridized carbons (Fsp3) is 0. The van der Waals surface area contributed by atoms with E-state index in [-0.39, 0.29) is 0 Å². The van der Waals surface area contributed by atoms with Crippen LogP contribution in [0.4, 0.5) is 0 Å². The second-order valence-electron chi connectivity index (χ2n) is 1.61. The lowest BCUT2D eigenvalue weighted by Crippen LogP contribution is -1.92. The highest BCUT2D eigenvalue weighted by atomic mass is 16.5. The fourth-order valence-electron chi connectivity index (χ4n) is 0.493. The molecule has 0 unspecified atom stereocenters. The van der Waals surface area contributed by atoms with Crippen molar-refractivity contribution in [3.8, 4) is 11.7 Å². The van der Waals surface area contributed by atoms with Crippen molar-refractivity contribution in [3.05, 3.63) is 11.8 Å². The van der Waals surface area contributed by atoms with Gasteiger partial charge in [0.25, 0.3) is 0 Å². The van der Waals surface area contributed by atoms with Crippen LogP contribution in [0.15, 0.2) is 10.7 Å². The zero-order valence-electron chi connectivity index (χ0n) is 4.74. The normalized spacial score (nSPS) is 9.60. The van der Waals surface area contributed by atoms with Gasteiger partial charge in [-0.25, -0.2) is 4.79 Å². The van der Waals surface area contributed by atoms with Crippen molar-refractivity contribution in [2.24, 2.45) is 0 Å². The van der Waals surface area contributed by atoms with E-state index in [1.807, 2.05) is 0 Å². The molecular formula is C5H4O5. The number of carboxylic acids is 1. The number of hydrogen-bond donors (Lipinski definition) is 3. The minimum atomic E-state index is -1.35. The van der Waals surface area contributed by atoms with E-state index < -0.39 is 23.2 Å². The molecule has 0 saturated carbocycles. The minimum Gasteiger partial charge on any atom is -0.501 e. The number of carbonyl (C=O) groups is 1. The summed E-state index contributed by atoms with van der Waals surface area (Å²) < 4.78 is 4.18. The number of furan rings is 1. The molecule has 0 aromatic carbocycles. The van der Waals surface area contributed by atoms with Crippen LogP contribution in [-0.4, -0.2) is 21.3 Å². The lowest BCUT2D eigenvalue weighted by molar-refractivity contribution is 0.0693. The molecule has 1 aromatic heterocycles. The first-order chi connectivity index (χ1) is 4.63. The molecule has 3 N–H and O–H groups in total. The number of aromatic carboxylic acids is 1. The Labute approximate surface area is 55.1 Å². The molecule has 0 aliphatic heterocycles. The van der Waals surface area contributed by atoms with E-state index in [0.717, 1.165) is 6.26 Å². The third-order valence-corrected chi connectivity index (χ3v) is 0.977. The molecule has 0 aliphatic carbocycles. The number of hydrogen-bond acceptors (Lipinski definition) is 4. The maximum atomic E-state index is 10.1. The summed E-state index contributed by atoms with van der Waals surface area (Å²) in [4.78, 5) is 10.1. The summed E-state index contributed by atoms with van der Waals surface area (Å²) in [5.41, 5.74) is -0.447. The van der Waals surface area contributed by atoms with E-state index in [1.54, 1.807) is 0 Å². The molecule has 0 atom stereocenters. The highest BCUT2D eigenvalue weighted by Crippen LogP contribution is 2.30. The van der Waals surface area contributed by atoms with Gasteiger partial charge in [0.1, 0.15) is 11.8 Å². The SMILES string of the molecule is O=C(O)c1coc(O)c1O. The van der Waals surface area contributed by atoms with Gasteiger partial charge in [0.05, 0.1) is 0 Å². The van der Waals surface area contributed by atoms with Crippen LogP contribution in [0.2, 0.25) is 0 Å². The highest BCUT2D eigenvalue weighted by Gasteiger charge is 2.16. The van der Waals surface area contributed by atoms with Gasteiger partial charge in [-0.3, -0.25) is 0 Å². The van der Waals surface area contributed by atoms with E-state index in [9.17, 15) is 4.79 Å². The van der Waals surface area contributed by atoms with Crippen molar-refractivity contribution in [1.29, 1.82) is 0 Å². The van der Waals surface area contributed by atoms with Gasteiger partial charge in [-0.2, -0.15) is 0 Å². The second kappa shape index (κ2) is 1.94. The number of carboxylic acid groups (broad SMARTS) is 1. The Kier molecular flexibility index (Phi) is 1.26. The van der Waals surface area contributed by atoms with Crippen LogP contribution in [0.25, 0.3) is 0 Å². The Balaban J connectivity index is 3.17. The summed E-state index contributed by atoms with van der Waals surface area (Å²) in [7, 11) is 0. The maximum Gasteiger partial charge on any atom is 0.342 e. The van der Waals surface area contributed by atoms with E-state index in [0.29, 0.717) is 0 Å². The maximum absolute atomic E-state index is 10.1. The van der Waals surface area contributed by atoms with Crippen LogP contribution >= 0.6 is 0 Å². The molecule has 0 saturated heterocycles. The van der Waals surface area contributed by atoms with Crippen LogP contribution < -0.4 is 0 Å². The highest BCUT2D eigenvalue weighted by molar-refractivity contribution is 5.91. The fourth-order valence-corrected chi connectivity index (χ4v) is 0.493. The third kappa shape index (κ3) is 0.771. The lowest BCUT2D eigenvalue weighted by atomic mass is 10.3. The summed E-state index contributed by atoms with van der Waals surface area (Å²) in [5.74, 6) is -2.87. The van der Waals surface area contributed by atoms with E-state index in [4.69, 9.17) is 15.3 Å². The van der Waals surface area contributed by atoms with Crippen molar-refractivity contribution in [1.82, 2.24) is 0 Å². The van der Waals surface area contributed by atoms with Crippen molar-refractivity contribution in [3.63, 3.8) is 0 Å². The first-order valence-corrected chi connectivity index (χ1v) is 2.35. The lowest BCUT2D eigenvalue weighted by Gasteiger charge is -1.85. The molecule has 0 spiro atoms. The molecule has 1 rings (SSSR count). The van der Waals surface area contributed by atoms with Gasteiger partial charge in [0, 0.05) is 0 Å². The van der Waals surface area contributed by atoms with Crippen LogP contribution in [0.1, 0.15) is 10.4 Å². The average Bonchev–Trinajstić information content (AvgIpc) is 2.14. The summed E-state index contributed by atoms with van der Waals surface area (Å²) in [5, 5.41) is 25.4. The van der Waals surface area contributed by atoms with Crippen molar-refractivity contribution >= 4 is 5.97 Å². The van der Waals surface area contributed by atoms with Gasteiger partial charge in [-0.05, 0) is 0 Å².